The van der Waals surface area contributed by atoms with Crippen LogP contribution in [0, 0.1) is 0 Å². The monoisotopic (exact) mass is 190 g/mol. The Morgan fingerprint density at radius 1 is 0.667 bits per heavy atom. The molecule has 3 aromatic rings. The zero-order valence-corrected chi connectivity index (χ0v) is 8.22. The summed E-state index contributed by atoms with van der Waals surface area (Å²) in [6, 6.07) is 18.6. The topological polar surface area (TPSA) is 12.9 Å². The van der Waals surface area contributed by atoms with Crippen molar-refractivity contribution in [2.75, 3.05) is 0 Å². The van der Waals surface area contributed by atoms with Crippen LogP contribution in [0.4, 0.5) is 0 Å². The Kier molecular flexibility index (Phi) is 2.42. The van der Waals surface area contributed by atoms with Crippen molar-refractivity contribution in [2.24, 2.45) is 0 Å². The summed E-state index contributed by atoms with van der Waals surface area (Å²) in [7, 11) is 0. The average Bonchev–Trinajstić information content (AvgIpc) is 2.26. The van der Waals surface area contributed by atoms with Gasteiger partial charge in [0.25, 0.3) is 0 Å². The van der Waals surface area contributed by atoms with E-state index < -0.39 is 0 Å². The molecule has 69 valence electrons. The van der Waals surface area contributed by atoms with Crippen molar-refractivity contribution in [1.29, 1.82) is 0 Å². The molecule has 0 bridgehead atoms. The van der Waals surface area contributed by atoms with Gasteiger partial charge in [0.1, 0.15) is 0 Å². The molecule has 0 unspecified atom stereocenters. The van der Waals surface area contributed by atoms with Gasteiger partial charge in [-0.3, -0.25) is 0 Å². The van der Waals surface area contributed by atoms with Gasteiger partial charge in [-0.15, -0.1) is 0 Å². The predicted octanol–water partition coefficient (Wildman–Crippen LogP) is 3.01. The van der Waals surface area contributed by atoms with Crippen LogP contribution < -0.4 is 0 Å². The van der Waals surface area contributed by atoms with Crippen molar-refractivity contribution < 1.29 is 0 Å². The maximum absolute atomic E-state index is 4.58. The van der Waals surface area contributed by atoms with Gasteiger partial charge in [0.2, 0.25) is 0 Å². The second kappa shape index (κ2) is 3.74. The highest BCUT2D eigenvalue weighted by molar-refractivity contribution is 5.92. The number of aromatic nitrogens is 1. The van der Waals surface area contributed by atoms with Crippen molar-refractivity contribution >= 4 is 30.2 Å². The second-order valence-corrected chi connectivity index (χ2v) is 3.37. The van der Waals surface area contributed by atoms with Gasteiger partial charge in [0, 0.05) is 19.2 Å². The van der Waals surface area contributed by atoms with Crippen molar-refractivity contribution in [3.05, 3.63) is 54.6 Å². The first-order valence-corrected chi connectivity index (χ1v) is 4.68. The Bertz CT molecular complexity index is 499. The van der Waals surface area contributed by atoms with Crippen molar-refractivity contribution in [1.82, 2.24) is 4.98 Å². The minimum Gasteiger partial charge on any atom is -0.248 e. The third kappa shape index (κ3) is 1.59. The number of rotatable bonds is 0. The lowest BCUT2D eigenvalue weighted by molar-refractivity contribution is 1.50. The lowest BCUT2D eigenvalue weighted by Crippen LogP contribution is -1.80. The number of pyridine rings is 1. The van der Waals surface area contributed by atoms with Crippen LogP contribution in [0.15, 0.2) is 54.6 Å². The van der Waals surface area contributed by atoms with Crippen LogP contribution in [0.25, 0.3) is 21.8 Å². The third-order valence-electron chi connectivity index (χ3n) is 2.43. The van der Waals surface area contributed by atoms with E-state index in [1.807, 2.05) is 36.4 Å². The van der Waals surface area contributed by atoms with E-state index in [4.69, 9.17) is 0 Å². The van der Waals surface area contributed by atoms with E-state index >= 15 is 0 Å². The van der Waals surface area contributed by atoms with E-state index in [0.717, 1.165) is 11.0 Å². The molecule has 0 aliphatic carbocycles. The Morgan fingerprint density at radius 3 is 1.67 bits per heavy atom. The van der Waals surface area contributed by atoms with Gasteiger partial charge in [-0.1, -0.05) is 36.4 Å². The summed E-state index contributed by atoms with van der Waals surface area (Å²) in [6.07, 6.45) is 0. The Balaban J connectivity index is 0.000000853. The van der Waals surface area contributed by atoms with Crippen LogP contribution in [-0.2, 0) is 0 Å². The Labute approximate surface area is 90.3 Å². The lowest BCUT2D eigenvalue weighted by atomic mass is 10.1. The fourth-order valence-electron chi connectivity index (χ4n) is 1.72. The molecule has 0 saturated heterocycles. The van der Waals surface area contributed by atoms with Crippen LogP contribution in [0.2, 0.25) is 0 Å². The number of para-hydroxylation sites is 2. The summed E-state index contributed by atoms with van der Waals surface area (Å²) in [5, 5.41) is 2.40. The van der Waals surface area contributed by atoms with Gasteiger partial charge >= 0.3 is 0 Å². The maximum atomic E-state index is 4.58. The number of hydrogen-bond donors (Lipinski definition) is 0. The minimum atomic E-state index is 0. The molecule has 3 rings (SSSR count). The van der Waals surface area contributed by atoms with Crippen LogP contribution >= 0.6 is 0 Å². The Hall–Kier alpha value is -1.83. The number of benzene rings is 2. The van der Waals surface area contributed by atoms with Crippen LogP contribution in [-0.4, -0.2) is 13.4 Å². The highest BCUT2D eigenvalue weighted by atomic mass is 14.7. The van der Waals surface area contributed by atoms with Crippen LogP contribution in [0.3, 0.4) is 0 Å². The zero-order chi connectivity index (χ0) is 9.38. The summed E-state index contributed by atoms with van der Waals surface area (Å²) in [4.78, 5) is 4.58. The fourth-order valence-corrected chi connectivity index (χ4v) is 1.72. The highest BCUT2D eigenvalue weighted by Crippen LogP contribution is 2.18. The quantitative estimate of drug-likeness (QED) is 0.392. The predicted molar refractivity (Wildman–Crippen MR) is 65.0 cm³/mol. The summed E-state index contributed by atoms with van der Waals surface area (Å²) in [5.41, 5.74) is 2.12. The lowest BCUT2D eigenvalue weighted by Gasteiger charge is -1.99. The van der Waals surface area contributed by atoms with Crippen LogP contribution in [0.1, 0.15) is 0 Å². The summed E-state index contributed by atoms with van der Waals surface area (Å²) in [6.45, 7) is 0. The molecule has 2 aromatic carbocycles. The highest BCUT2D eigenvalue weighted by Gasteiger charge is 1.96. The maximum Gasteiger partial charge on any atom is 0.0709 e. The molecule has 0 atom stereocenters. The molecule has 3 radical (unpaired) electrons. The normalized spacial score (nSPS) is 10.1. The SMILES string of the molecule is [B].c1ccc2nc3ccccc3cc2c1. The smallest absolute Gasteiger partial charge is 0.0709 e. The van der Waals surface area contributed by atoms with E-state index in [0.29, 0.717) is 0 Å². The molecule has 0 saturated carbocycles. The van der Waals surface area contributed by atoms with Gasteiger partial charge in [0.05, 0.1) is 11.0 Å². The molecular weight excluding hydrogens is 181 g/mol. The van der Waals surface area contributed by atoms with Crippen molar-refractivity contribution in [2.45, 2.75) is 0 Å². The average molecular weight is 190 g/mol. The van der Waals surface area contributed by atoms with Crippen molar-refractivity contribution in [3.63, 3.8) is 0 Å². The third-order valence-corrected chi connectivity index (χ3v) is 2.43. The minimum absolute atomic E-state index is 0. The molecule has 0 amide bonds. The second-order valence-electron chi connectivity index (χ2n) is 3.37. The number of hydrogen-bond acceptors (Lipinski definition) is 1. The molecule has 15 heavy (non-hydrogen) atoms. The molecule has 0 fully saturated rings. The zero-order valence-electron chi connectivity index (χ0n) is 8.22. The summed E-state index contributed by atoms with van der Waals surface area (Å²) >= 11 is 0. The summed E-state index contributed by atoms with van der Waals surface area (Å²) < 4.78 is 0. The molecule has 0 aliphatic heterocycles. The molecule has 1 aromatic heterocycles. The van der Waals surface area contributed by atoms with Crippen molar-refractivity contribution in [3.8, 4) is 0 Å². The molecule has 0 aliphatic rings. The first-order chi connectivity index (χ1) is 6.93. The Morgan fingerprint density at radius 2 is 1.13 bits per heavy atom. The number of fused-ring (bicyclic) bond motifs is 2. The van der Waals surface area contributed by atoms with E-state index in [-0.39, 0.29) is 8.41 Å². The molecule has 0 N–H and O–H groups in total. The summed E-state index contributed by atoms with van der Waals surface area (Å²) in [5.74, 6) is 0. The first kappa shape index (κ1) is 9.72. The van der Waals surface area contributed by atoms with E-state index in [1.54, 1.807) is 0 Å². The van der Waals surface area contributed by atoms with Crippen LogP contribution in [0.5, 0.6) is 0 Å². The largest absolute Gasteiger partial charge is 0.248 e. The molecule has 1 heterocycles. The van der Waals surface area contributed by atoms with Gasteiger partial charge in [0.15, 0.2) is 0 Å². The number of nitrogens with zero attached hydrogens (tertiary/aromatic N) is 1. The van der Waals surface area contributed by atoms with E-state index in [2.05, 4.69) is 23.2 Å². The molecule has 2 heteroatoms. The van der Waals surface area contributed by atoms with Gasteiger partial charge in [-0.2, -0.15) is 0 Å². The standard InChI is InChI=1S/C13H9N.B/c1-3-7-12-10(5-1)9-11-6-2-4-8-13(11)14-12;/h1-9H;. The molecule has 1 nitrogen and oxygen atoms in total. The fraction of sp³-hybridized carbons (Fsp3) is 0. The van der Waals surface area contributed by atoms with Gasteiger partial charge in [-0.05, 0) is 18.2 Å². The molecule has 0 spiro atoms. The molecular formula is C13H9BN. The van der Waals surface area contributed by atoms with Gasteiger partial charge < -0.3 is 0 Å². The first-order valence-electron chi connectivity index (χ1n) is 4.68. The van der Waals surface area contributed by atoms with E-state index in [9.17, 15) is 0 Å². The van der Waals surface area contributed by atoms with Gasteiger partial charge in [-0.25, -0.2) is 4.98 Å². The van der Waals surface area contributed by atoms with E-state index in [1.165, 1.54) is 10.8 Å².